The number of carbonyl (C=O) groups is 8. The van der Waals surface area contributed by atoms with Crippen molar-refractivity contribution in [2.24, 2.45) is 17.6 Å². The van der Waals surface area contributed by atoms with Crippen LogP contribution in [-0.4, -0.2) is 119 Å². The van der Waals surface area contributed by atoms with Gasteiger partial charge in [0, 0.05) is 77.7 Å². The lowest BCUT2D eigenvalue weighted by molar-refractivity contribution is -0.147. The topological polar surface area (TPSA) is 251 Å². The van der Waals surface area contributed by atoms with Crippen molar-refractivity contribution in [2.75, 3.05) is 60.4 Å². The zero-order valence-electron chi connectivity index (χ0n) is 52.1. The fraction of sp³-hybridized carbons (Fsp3) is 0.457. The predicted molar refractivity (Wildman–Crippen MR) is 337 cm³/mol. The number of ether oxygens (including phenoxy) is 7. The Balaban J connectivity index is 0.00000119. The van der Waals surface area contributed by atoms with Crippen molar-refractivity contribution in [3.8, 4) is 5.75 Å². The Morgan fingerprint density at radius 1 is 0.443 bits per heavy atom. The summed E-state index contributed by atoms with van der Waals surface area (Å²) in [5.41, 5.74) is 9.22. The predicted octanol–water partition coefficient (Wildman–Crippen LogP) is 9.62. The fourth-order valence-corrected chi connectivity index (χ4v) is 8.75. The number of unbranched alkanes of at least 4 members (excludes halogenated alkanes) is 1. The molecule has 0 aliphatic heterocycles. The number of esters is 2. The summed E-state index contributed by atoms with van der Waals surface area (Å²) in [5.74, 6) is -4.51. The summed E-state index contributed by atoms with van der Waals surface area (Å²) in [6.45, 7) is 9.03. The molecular formula is C70H93N3O15. The van der Waals surface area contributed by atoms with Crippen LogP contribution in [-0.2, 0) is 99.4 Å². The molecule has 5 rings (SSSR count). The Kier molecular flexibility index (Phi) is 39.3. The highest BCUT2D eigenvalue weighted by Crippen LogP contribution is 2.22. The number of carbonyl (C=O) groups excluding carboxylic acids is 8. The smallest absolute Gasteiger partial charge is 0.306 e. The van der Waals surface area contributed by atoms with Crippen LogP contribution < -0.4 is 21.1 Å². The Bertz CT molecular complexity index is 2740. The summed E-state index contributed by atoms with van der Waals surface area (Å²) in [6, 6.07) is 42.0. The van der Waals surface area contributed by atoms with Crippen LogP contribution in [0.4, 0.5) is 0 Å². The SMILES string of the molecule is CCCCC(C)=O.COCCOCCCC(=O)[C@@H](CCC(=O)OCc1ccccc1)NC(=O)[C@H](CCC(=O)OCc1ccccc1)CC(=O)[C@@H](Cc1ccccc1)NC(=O)[C@@H](CC(C)=O)Cc1ccc(OCc2ccccc2)cc1.COCCOCCN. The van der Waals surface area contributed by atoms with Crippen LogP contribution >= 0.6 is 0 Å². The van der Waals surface area contributed by atoms with Crippen molar-refractivity contribution in [3.05, 3.63) is 173 Å². The van der Waals surface area contributed by atoms with Crippen LogP contribution in [0.1, 0.15) is 119 Å². The van der Waals surface area contributed by atoms with E-state index in [1.54, 1.807) is 33.3 Å². The van der Waals surface area contributed by atoms with Gasteiger partial charge in [0.05, 0.1) is 45.1 Å². The first-order valence-electron chi connectivity index (χ1n) is 30.3. The molecule has 18 heteroatoms. The lowest BCUT2D eigenvalue weighted by atomic mass is 9.89. The molecule has 0 spiro atoms. The molecule has 2 amide bonds. The van der Waals surface area contributed by atoms with Gasteiger partial charge in [0.1, 0.15) is 37.1 Å². The van der Waals surface area contributed by atoms with Gasteiger partial charge in [0.15, 0.2) is 11.6 Å². The molecule has 0 aromatic heterocycles. The van der Waals surface area contributed by atoms with Gasteiger partial charge in [0.25, 0.3) is 0 Å². The number of rotatable bonds is 42. The molecule has 5 aromatic rings. The molecule has 4 atom stereocenters. The molecule has 18 nitrogen and oxygen atoms in total. The van der Waals surface area contributed by atoms with Gasteiger partial charge >= 0.3 is 11.9 Å². The minimum absolute atomic E-state index is 0.000386. The van der Waals surface area contributed by atoms with E-state index in [-0.39, 0.29) is 82.8 Å². The van der Waals surface area contributed by atoms with E-state index < -0.39 is 59.9 Å². The van der Waals surface area contributed by atoms with Gasteiger partial charge in [-0.05, 0) is 92.3 Å². The molecule has 0 bridgehead atoms. The second-order valence-electron chi connectivity index (χ2n) is 21.1. The molecule has 0 aliphatic carbocycles. The monoisotopic (exact) mass is 1220 g/mol. The number of benzene rings is 5. The van der Waals surface area contributed by atoms with E-state index in [2.05, 4.69) is 17.6 Å². The maximum Gasteiger partial charge on any atom is 0.306 e. The van der Waals surface area contributed by atoms with Crippen molar-refractivity contribution in [2.45, 2.75) is 136 Å². The van der Waals surface area contributed by atoms with Crippen molar-refractivity contribution >= 4 is 46.9 Å². The first-order chi connectivity index (χ1) is 42.6. The number of Topliss-reactive ketones (excluding diaryl/α,β-unsaturated/α-hetero) is 4. The fourth-order valence-electron chi connectivity index (χ4n) is 8.75. The number of ketones is 4. The highest BCUT2D eigenvalue weighted by atomic mass is 16.5. The Labute approximate surface area is 520 Å². The second-order valence-corrected chi connectivity index (χ2v) is 21.1. The number of amides is 2. The van der Waals surface area contributed by atoms with Gasteiger partial charge < -0.3 is 59.1 Å². The van der Waals surface area contributed by atoms with Crippen LogP contribution in [0.25, 0.3) is 0 Å². The zero-order chi connectivity index (χ0) is 64.0. The number of hydrogen-bond acceptors (Lipinski definition) is 16. The third-order valence-corrected chi connectivity index (χ3v) is 13.6. The molecule has 0 aliphatic rings. The van der Waals surface area contributed by atoms with Crippen LogP contribution in [0.3, 0.4) is 0 Å². The minimum Gasteiger partial charge on any atom is -0.489 e. The summed E-state index contributed by atoms with van der Waals surface area (Å²) >= 11 is 0. The molecular weight excluding hydrogens is 1120 g/mol. The largest absolute Gasteiger partial charge is 0.489 e. The average molecular weight is 1220 g/mol. The van der Waals surface area contributed by atoms with E-state index in [0.29, 0.717) is 64.1 Å². The van der Waals surface area contributed by atoms with Crippen molar-refractivity contribution in [1.29, 1.82) is 0 Å². The number of methoxy groups -OCH3 is 2. The molecule has 0 radical (unpaired) electrons. The molecule has 0 saturated heterocycles. The summed E-state index contributed by atoms with van der Waals surface area (Å²) in [7, 11) is 3.20. The third kappa shape index (κ3) is 34.6. The lowest BCUT2D eigenvalue weighted by Crippen LogP contribution is -2.48. The molecule has 478 valence electrons. The summed E-state index contributed by atoms with van der Waals surface area (Å²) < 4.78 is 37.2. The van der Waals surface area contributed by atoms with Gasteiger partial charge in [-0.25, -0.2) is 0 Å². The van der Waals surface area contributed by atoms with Gasteiger partial charge in [-0.15, -0.1) is 0 Å². The van der Waals surface area contributed by atoms with Crippen molar-refractivity contribution < 1.29 is 71.5 Å². The summed E-state index contributed by atoms with van der Waals surface area (Å²) in [4.78, 5) is 106. The Morgan fingerprint density at radius 2 is 0.920 bits per heavy atom. The van der Waals surface area contributed by atoms with Crippen molar-refractivity contribution in [1.82, 2.24) is 10.6 Å². The molecule has 88 heavy (non-hydrogen) atoms. The van der Waals surface area contributed by atoms with Crippen LogP contribution in [0.15, 0.2) is 146 Å². The van der Waals surface area contributed by atoms with Crippen LogP contribution in [0, 0.1) is 11.8 Å². The maximum atomic E-state index is 14.7. The third-order valence-electron chi connectivity index (χ3n) is 13.6. The van der Waals surface area contributed by atoms with Crippen molar-refractivity contribution in [3.63, 3.8) is 0 Å². The zero-order valence-corrected chi connectivity index (χ0v) is 52.1. The van der Waals surface area contributed by atoms with E-state index >= 15 is 0 Å². The van der Waals surface area contributed by atoms with Gasteiger partial charge in [-0.2, -0.15) is 0 Å². The van der Waals surface area contributed by atoms with E-state index in [4.69, 9.17) is 38.9 Å². The maximum absolute atomic E-state index is 14.7. The van der Waals surface area contributed by atoms with Gasteiger partial charge in [-0.1, -0.05) is 147 Å². The Hall–Kier alpha value is -7.74. The van der Waals surface area contributed by atoms with E-state index in [1.807, 2.05) is 133 Å². The summed E-state index contributed by atoms with van der Waals surface area (Å²) in [5, 5.41) is 5.75. The highest BCUT2D eigenvalue weighted by molar-refractivity contribution is 5.95. The number of hydrogen-bond donors (Lipinski definition) is 3. The quantitative estimate of drug-likeness (QED) is 0.0243. The molecule has 0 saturated carbocycles. The highest BCUT2D eigenvalue weighted by Gasteiger charge is 2.33. The molecule has 0 heterocycles. The van der Waals surface area contributed by atoms with E-state index in [0.717, 1.165) is 47.1 Å². The van der Waals surface area contributed by atoms with E-state index in [9.17, 15) is 38.4 Å². The number of nitrogens with one attached hydrogen (secondary N) is 2. The average Bonchev–Trinajstić information content (AvgIpc) is 3.73. The molecule has 4 N–H and O–H groups in total. The molecule has 0 unspecified atom stereocenters. The van der Waals surface area contributed by atoms with Gasteiger partial charge in [-0.3, -0.25) is 28.8 Å². The standard InChI is InChI=1S/C59H68N2O12.C6H12O.C5H13NO2/c1-43(62)36-50(37-45-25-28-51(29-26-45)71-40-46-18-9-4-10-19-46)59(68)61-53(38-44-16-7-3-8-17-44)55(64)39-49(27-31-56(65)72-41-47-20-11-5-12-21-47)58(67)60-52(54(63)24-15-33-70-35-34-69-2)30-32-57(66)73-42-48-22-13-6-14-23-48;1-3-4-5-6(2)7;1-7-4-5-8-3-2-6/h3-14,16-23,25-26,28-29,49-50,52-53H,15,24,27,30-42H2,1-2H3,(H,60,67)(H,61,68);3-5H2,1-2H3;2-6H2,1H3/t49-,50+,52-,53-;;/m1../s1. The second kappa shape index (κ2) is 46.4. The molecule has 0 fully saturated rings. The molecule has 5 aromatic carbocycles. The first kappa shape index (κ1) is 74.5. The van der Waals surface area contributed by atoms with Crippen LogP contribution in [0.2, 0.25) is 0 Å². The van der Waals surface area contributed by atoms with Crippen LogP contribution in [0.5, 0.6) is 5.75 Å². The number of nitrogens with two attached hydrogens (primary N) is 1. The van der Waals surface area contributed by atoms with E-state index in [1.165, 1.54) is 6.92 Å². The minimum atomic E-state index is -1.17. The lowest BCUT2D eigenvalue weighted by Gasteiger charge is -2.25. The first-order valence-corrected chi connectivity index (χ1v) is 30.3. The summed E-state index contributed by atoms with van der Waals surface area (Å²) in [6.07, 6.45) is 2.38. The Morgan fingerprint density at radius 3 is 1.41 bits per heavy atom. The van der Waals surface area contributed by atoms with Gasteiger partial charge in [0.2, 0.25) is 11.8 Å². The normalized spacial score (nSPS) is 12.0.